The molecule has 1 heterocycles. The summed E-state index contributed by atoms with van der Waals surface area (Å²) in [5.74, 6) is 0.375. The van der Waals surface area contributed by atoms with Crippen molar-refractivity contribution >= 4 is 12.1 Å². The number of nitrogens with zero attached hydrogens (tertiary/aromatic N) is 1. The van der Waals surface area contributed by atoms with E-state index in [1.165, 1.54) is 7.11 Å². The number of nitrogens with one attached hydrogen (secondary N) is 1. The number of carbonyl (C=O) groups is 2. The van der Waals surface area contributed by atoms with E-state index in [1.54, 1.807) is 12.1 Å². The number of aryl methyl sites for hydroxylation is 3. The fourth-order valence-corrected chi connectivity index (χ4v) is 4.57. The van der Waals surface area contributed by atoms with Crippen LogP contribution in [-0.2, 0) is 29.0 Å². The van der Waals surface area contributed by atoms with Crippen LogP contribution in [0.2, 0.25) is 0 Å². The average molecular weight is 547 g/mol. The first-order valence-corrected chi connectivity index (χ1v) is 13.7. The molecule has 0 fully saturated rings. The van der Waals surface area contributed by atoms with E-state index in [2.05, 4.69) is 43.4 Å². The number of rotatable bonds is 9. The van der Waals surface area contributed by atoms with Gasteiger partial charge in [-0.3, -0.25) is 4.98 Å². The normalized spacial score (nSPS) is 11.3. The van der Waals surface area contributed by atoms with Crippen molar-refractivity contribution in [2.24, 2.45) is 5.92 Å². The highest BCUT2D eigenvalue weighted by atomic mass is 16.6. The van der Waals surface area contributed by atoms with Gasteiger partial charge < -0.3 is 19.5 Å². The minimum absolute atomic E-state index is 0.179. The molecule has 7 heteroatoms. The lowest BCUT2D eigenvalue weighted by Crippen LogP contribution is -2.32. The van der Waals surface area contributed by atoms with Gasteiger partial charge in [-0.15, -0.1) is 0 Å². The summed E-state index contributed by atoms with van der Waals surface area (Å²) in [6.45, 7) is 16.2. The number of hydrogen-bond acceptors (Lipinski definition) is 6. The zero-order valence-electron chi connectivity index (χ0n) is 25.2. The SMILES string of the molecule is COC(=O)c1cccc(C)c1OCc1c(C)nc(CC(C)C)c(CNC(=O)OC(C)(C)C)c1-c1ccc(C)cc1. The molecule has 0 aliphatic heterocycles. The summed E-state index contributed by atoms with van der Waals surface area (Å²) in [6.07, 6.45) is 0.259. The van der Waals surface area contributed by atoms with Gasteiger partial charge in [0.05, 0.1) is 7.11 Å². The number of ether oxygens (including phenoxy) is 3. The smallest absolute Gasteiger partial charge is 0.407 e. The monoisotopic (exact) mass is 546 g/mol. The maximum absolute atomic E-state index is 12.7. The number of para-hydroxylation sites is 1. The van der Waals surface area contributed by atoms with E-state index in [-0.39, 0.29) is 13.2 Å². The molecule has 7 nitrogen and oxygen atoms in total. The van der Waals surface area contributed by atoms with Gasteiger partial charge in [-0.1, -0.05) is 55.8 Å². The number of pyridine rings is 1. The number of amides is 1. The summed E-state index contributed by atoms with van der Waals surface area (Å²) in [4.78, 5) is 30.1. The van der Waals surface area contributed by atoms with Gasteiger partial charge in [0, 0.05) is 29.1 Å². The van der Waals surface area contributed by atoms with Crippen LogP contribution in [0.3, 0.4) is 0 Å². The molecule has 0 saturated heterocycles. The van der Waals surface area contributed by atoms with Crippen LogP contribution >= 0.6 is 0 Å². The summed E-state index contributed by atoms with van der Waals surface area (Å²) in [6, 6.07) is 13.7. The second-order valence-corrected chi connectivity index (χ2v) is 11.5. The van der Waals surface area contributed by atoms with E-state index in [4.69, 9.17) is 19.2 Å². The van der Waals surface area contributed by atoms with E-state index < -0.39 is 17.7 Å². The van der Waals surface area contributed by atoms with Gasteiger partial charge in [0.2, 0.25) is 0 Å². The molecule has 0 radical (unpaired) electrons. The fraction of sp³-hybridized carbons (Fsp3) is 0.424. The van der Waals surface area contributed by atoms with E-state index in [1.807, 2.05) is 47.6 Å². The minimum atomic E-state index is -0.611. The molecule has 3 aromatic rings. The van der Waals surface area contributed by atoms with Crippen molar-refractivity contribution in [2.45, 2.75) is 80.6 Å². The van der Waals surface area contributed by atoms with Crippen molar-refractivity contribution in [2.75, 3.05) is 7.11 Å². The molecule has 0 bridgehead atoms. The van der Waals surface area contributed by atoms with Crippen molar-refractivity contribution in [1.82, 2.24) is 10.3 Å². The Balaban J connectivity index is 2.16. The molecule has 40 heavy (non-hydrogen) atoms. The van der Waals surface area contributed by atoms with Crippen molar-refractivity contribution in [3.8, 4) is 16.9 Å². The molecular weight excluding hydrogens is 504 g/mol. The predicted molar refractivity (Wildman–Crippen MR) is 158 cm³/mol. The lowest BCUT2D eigenvalue weighted by molar-refractivity contribution is 0.0522. The molecule has 214 valence electrons. The van der Waals surface area contributed by atoms with Crippen LogP contribution in [0.5, 0.6) is 5.75 Å². The number of methoxy groups -OCH3 is 1. The minimum Gasteiger partial charge on any atom is -0.488 e. The third-order valence-electron chi connectivity index (χ3n) is 6.42. The van der Waals surface area contributed by atoms with E-state index in [0.717, 1.165) is 51.2 Å². The van der Waals surface area contributed by atoms with Crippen LogP contribution < -0.4 is 10.1 Å². The predicted octanol–water partition coefficient (Wildman–Crippen LogP) is 7.26. The Bertz CT molecular complexity index is 1350. The molecule has 0 atom stereocenters. The molecule has 0 aliphatic carbocycles. The number of carbonyl (C=O) groups excluding carboxylic acids is 2. The highest BCUT2D eigenvalue weighted by molar-refractivity contribution is 5.93. The Morgan fingerprint density at radius 2 is 1.65 bits per heavy atom. The van der Waals surface area contributed by atoms with Crippen LogP contribution in [0.1, 0.15) is 78.6 Å². The second kappa shape index (κ2) is 13.0. The zero-order valence-corrected chi connectivity index (χ0v) is 25.2. The standard InChI is InChI=1S/C33H42N2O5/c1-20(2)17-28-26(18-34-32(37)40-33(6,7)8)29(24-15-13-21(3)14-16-24)27(23(5)35-28)19-39-30-22(4)11-10-12-25(30)31(36)38-9/h10-16,20H,17-19H2,1-9H3,(H,34,37). The molecule has 1 N–H and O–H groups in total. The van der Waals surface area contributed by atoms with E-state index in [0.29, 0.717) is 17.2 Å². The molecule has 1 amide bonds. The summed E-state index contributed by atoms with van der Waals surface area (Å²) in [7, 11) is 1.36. The van der Waals surface area contributed by atoms with E-state index in [9.17, 15) is 9.59 Å². The summed E-state index contributed by atoms with van der Waals surface area (Å²) in [5.41, 5.74) is 7.26. The fourth-order valence-electron chi connectivity index (χ4n) is 4.57. The first-order chi connectivity index (χ1) is 18.8. The summed E-state index contributed by atoms with van der Waals surface area (Å²) in [5, 5.41) is 2.95. The van der Waals surface area contributed by atoms with Gasteiger partial charge in [-0.25, -0.2) is 9.59 Å². The number of hydrogen-bond donors (Lipinski definition) is 1. The Morgan fingerprint density at radius 1 is 0.975 bits per heavy atom. The van der Waals surface area contributed by atoms with Crippen LogP contribution in [0.25, 0.3) is 11.1 Å². The van der Waals surface area contributed by atoms with Gasteiger partial charge in [0.25, 0.3) is 0 Å². The van der Waals surface area contributed by atoms with Crippen LogP contribution in [0.4, 0.5) is 4.79 Å². The lowest BCUT2D eigenvalue weighted by atomic mass is 9.90. The third-order valence-corrected chi connectivity index (χ3v) is 6.42. The number of alkyl carbamates (subject to hydrolysis) is 1. The molecule has 0 aliphatic rings. The van der Waals surface area contributed by atoms with Crippen molar-refractivity contribution in [1.29, 1.82) is 0 Å². The van der Waals surface area contributed by atoms with Gasteiger partial charge in [-0.2, -0.15) is 0 Å². The maximum Gasteiger partial charge on any atom is 0.407 e. The molecule has 0 spiro atoms. The quantitative estimate of drug-likeness (QED) is 0.284. The van der Waals surface area contributed by atoms with E-state index >= 15 is 0 Å². The van der Waals surface area contributed by atoms with Crippen LogP contribution in [0, 0.1) is 26.7 Å². The van der Waals surface area contributed by atoms with Gasteiger partial charge in [0.1, 0.15) is 23.5 Å². The number of benzene rings is 2. The van der Waals surface area contributed by atoms with Crippen LogP contribution in [0.15, 0.2) is 42.5 Å². The largest absolute Gasteiger partial charge is 0.488 e. The molecule has 0 unspecified atom stereocenters. The summed E-state index contributed by atoms with van der Waals surface area (Å²) < 4.78 is 16.9. The highest BCUT2D eigenvalue weighted by Crippen LogP contribution is 2.35. The van der Waals surface area contributed by atoms with Gasteiger partial charge >= 0.3 is 12.1 Å². The van der Waals surface area contributed by atoms with Crippen molar-refractivity contribution < 1.29 is 23.8 Å². The Morgan fingerprint density at radius 3 is 2.25 bits per heavy atom. The van der Waals surface area contributed by atoms with Crippen molar-refractivity contribution in [3.63, 3.8) is 0 Å². The molecule has 2 aromatic carbocycles. The van der Waals surface area contributed by atoms with Gasteiger partial charge in [0.15, 0.2) is 0 Å². The zero-order chi connectivity index (χ0) is 29.6. The topological polar surface area (TPSA) is 86.8 Å². The highest BCUT2D eigenvalue weighted by Gasteiger charge is 2.23. The average Bonchev–Trinajstić information content (AvgIpc) is 2.86. The molecule has 3 rings (SSSR count). The Kier molecular flexibility index (Phi) is 9.96. The third kappa shape index (κ3) is 7.84. The Labute approximate surface area is 238 Å². The van der Waals surface area contributed by atoms with Gasteiger partial charge in [-0.05, 0) is 76.6 Å². The first-order valence-electron chi connectivity index (χ1n) is 13.7. The summed E-state index contributed by atoms with van der Waals surface area (Å²) >= 11 is 0. The molecule has 1 aromatic heterocycles. The molecule has 0 saturated carbocycles. The lowest BCUT2D eigenvalue weighted by Gasteiger charge is -2.24. The maximum atomic E-state index is 12.7. The first kappa shape index (κ1) is 30.7. The molecular formula is C33H42N2O5. The number of esters is 1. The Hall–Kier alpha value is -3.87. The van der Waals surface area contributed by atoms with Crippen molar-refractivity contribution in [3.05, 3.63) is 81.7 Å². The van der Waals surface area contributed by atoms with Crippen LogP contribution in [-0.4, -0.2) is 29.8 Å². The number of aromatic nitrogens is 1. The second-order valence-electron chi connectivity index (χ2n) is 11.5.